The fourth-order valence-corrected chi connectivity index (χ4v) is 3.55. The van der Waals surface area contributed by atoms with E-state index >= 15 is 0 Å². The summed E-state index contributed by atoms with van der Waals surface area (Å²) in [7, 11) is 1.55. The van der Waals surface area contributed by atoms with Crippen molar-refractivity contribution in [3.05, 3.63) is 106 Å². The average molecular weight is 401 g/mol. The Morgan fingerprint density at radius 1 is 1.03 bits per heavy atom. The first kappa shape index (κ1) is 19.3. The Labute approximate surface area is 173 Å². The minimum Gasteiger partial charge on any atom is -0.497 e. The van der Waals surface area contributed by atoms with E-state index < -0.39 is 11.0 Å². The van der Waals surface area contributed by atoms with Crippen molar-refractivity contribution in [3.8, 4) is 5.75 Å². The van der Waals surface area contributed by atoms with E-state index in [1.807, 2.05) is 30.3 Å². The van der Waals surface area contributed by atoms with Gasteiger partial charge in [-0.1, -0.05) is 42.5 Å². The van der Waals surface area contributed by atoms with Gasteiger partial charge >= 0.3 is 0 Å². The highest BCUT2D eigenvalue weighted by molar-refractivity contribution is 6.05. The smallest absolute Gasteiger partial charge is 0.274 e. The zero-order chi connectivity index (χ0) is 21.1. The molecule has 1 aliphatic heterocycles. The third kappa shape index (κ3) is 3.65. The first-order valence-electron chi connectivity index (χ1n) is 9.42. The first-order valence-corrected chi connectivity index (χ1v) is 9.42. The zero-order valence-electron chi connectivity index (χ0n) is 16.3. The molecule has 1 aliphatic rings. The van der Waals surface area contributed by atoms with Crippen LogP contribution in [0.15, 0.2) is 84.0 Å². The molecule has 1 amide bonds. The van der Waals surface area contributed by atoms with Crippen molar-refractivity contribution in [2.24, 2.45) is 5.10 Å². The molecular weight excluding hydrogens is 382 g/mol. The lowest BCUT2D eigenvalue weighted by Crippen LogP contribution is -2.27. The highest BCUT2D eigenvalue weighted by Crippen LogP contribution is 2.38. The van der Waals surface area contributed by atoms with Gasteiger partial charge in [-0.2, -0.15) is 5.10 Å². The van der Waals surface area contributed by atoms with Crippen molar-refractivity contribution in [2.75, 3.05) is 7.11 Å². The Bertz CT molecular complexity index is 1110. The van der Waals surface area contributed by atoms with E-state index in [2.05, 4.69) is 5.10 Å². The maximum Gasteiger partial charge on any atom is 0.274 e. The molecule has 150 valence electrons. The van der Waals surface area contributed by atoms with Gasteiger partial charge in [0.25, 0.3) is 11.6 Å². The normalized spacial score (nSPS) is 15.6. The van der Waals surface area contributed by atoms with Gasteiger partial charge in [0.2, 0.25) is 0 Å². The SMILES string of the molecule is COc1ccc(C(=O)N2N=C(c3ccccc3)C[C@H]2c2ccccc2[N+](=O)[O-])cc1. The van der Waals surface area contributed by atoms with E-state index in [9.17, 15) is 14.9 Å². The van der Waals surface area contributed by atoms with Gasteiger partial charge in [0, 0.05) is 18.1 Å². The molecule has 0 spiro atoms. The van der Waals surface area contributed by atoms with Crippen molar-refractivity contribution in [3.63, 3.8) is 0 Å². The van der Waals surface area contributed by atoms with Gasteiger partial charge in [0.1, 0.15) is 5.75 Å². The fourth-order valence-electron chi connectivity index (χ4n) is 3.55. The Kier molecular flexibility index (Phi) is 5.26. The molecule has 0 saturated carbocycles. The number of hydrogen-bond donors (Lipinski definition) is 0. The van der Waals surface area contributed by atoms with Crippen LogP contribution in [0, 0.1) is 10.1 Å². The molecule has 0 aromatic heterocycles. The fraction of sp³-hybridized carbons (Fsp3) is 0.130. The molecule has 7 nitrogen and oxygen atoms in total. The van der Waals surface area contributed by atoms with Crippen LogP contribution in [0.25, 0.3) is 0 Å². The lowest BCUT2D eigenvalue weighted by Gasteiger charge is -2.22. The molecule has 0 saturated heterocycles. The van der Waals surface area contributed by atoms with Crippen LogP contribution in [0.4, 0.5) is 5.69 Å². The maximum atomic E-state index is 13.3. The molecule has 3 aromatic rings. The topological polar surface area (TPSA) is 85.0 Å². The number of nitrogens with zero attached hydrogens (tertiary/aromatic N) is 3. The number of carbonyl (C=O) groups is 1. The van der Waals surface area contributed by atoms with Gasteiger partial charge in [-0.25, -0.2) is 5.01 Å². The summed E-state index contributed by atoms with van der Waals surface area (Å²) >= 11 is 0. The molecule has 0 radical (unpaired) electrons. The third-order valence-corrected chi connectivity index (χ3v) is 5.05. The third-order valence-electron chi connectivity index (χ3n) is 5.05. The summed E-state index contributed by atoms with van der Waals surface area (Å²) in [6.45, 7) is 0. The van der Waals surface area contributed by atoms with E-state index in [0.29, 0.717) is 29.0 Å². The number of benzene rings is 3. The van der Waals surface area contributed by atoms with Gasteiger partial charge in [0.05, 0.1) is 29.4 Å². The number of carbonyl (C=O) groups excluding carboxylic acids is 1. The van der Waals surface area contributed by atoms with Crippen molar-refractivity contribution in [2.45, 2.75) is 12.5 Å². The largest absolute Gasteiger partial charge is 0.497 e. The number of amides is 1. The molecule has 4 rings (SSSR count). The molecule has 0 aliphatic carbocycles. The quantitative estimate of drug-likeness (QED) is 0.462. The van der Waals surface area contributed by atoms with E-state index in [1.165, 1.54) is 11.1 Å². The highest BCUT2D eigenvalue weighted by Gasteiger charge is 2.37. The van der Waals surface area contributed by atoms with E-state index in [1.54, 1.807) is 49.6 Å². The van der Waals surface area contributed by atoms with Crippen molar-refractivity contribution < 1.29 is 14.5 Å². The summed E-state index contributed by atoms with van der Waals surface area (Å²) in [4.78, 5) is 24.5. The summed E-state index contributed by atoms with van der Waals surface area (Å²) in [6, 6.07) is 22.1. The second kappa shape index (κ2) is 8.16. The van der Waals surface area contributed by atoms with Crippen LogP contribution < -0.4 is 4.74 Å². The molecule has 0 N–H and O–H groups in total. The number of nitro benzene ring substituents is 1. The Balaban J connectivity index is 1.76. The molecule has 7 heteroatoms. The van der Waals surface area contributed by atoms with Gasteiger partial charge in [0.15, 0.2) is 0 Å². The molecular formula is C23H19N3O4. The van der Waals surface area contributed by atoms with Crippen molar-refractivity contribution in [1.82, 2.24) is 5.01 Å². The molecule has 3 aromatic carbocycles. The van der Waals surface area contributed by atoms with Crippen LogP contribution in [0.5, 0.6) is 5.75 Å². The minimum absolute atomic E-state index is 0.0282. The highest BCUT2D eigenvalue weighted by atomic mass is 16.6. The van der Waals surface area contributed by atoms with Crippen molar-refractivity contribution >= 4 is 17.3 Å². The monoisotopic (exact) mass is 401 g/mol. The Morgan fingerprint density at radius 3 is 2.37 bits per heavy atom. The number of hydrazone groups is 1. The number of nitro groups is 1. The van der Waals surface area contributed by atoms with E-state index in [4.69, 9.17) is 4.74 Å². The van der Waals surface area contributed by atoms with E-state index in [0.717, 1.165) is 5.56 Å². The lowest BCUT2D eigenvalue weighted by molar-refractivity contribution is -0.385. The average Bonchev–Trinajstić information content (AvgIpc) is 3.24. The molecule has 30 heavy (non-hydrogen) atoms. The Morgan fingerprint density at radius 2 is 1.70 bits per heavy atom. The predicted molar refractivity (Wildman–Crippen MR) is 113 cm³/mol. The van der Waals surface area contributed by atoms with Crippen LogP contribution in [0.2, 0.25) is 0 Å². The van der Waals surface area contributed by atoms with Crippen LogP contribution in [0.1, 0.15) is 33.9 Å². The second-order valence-electron chi connectivity index (χ2n) is 6.83. The van der Waals surface area contributed by atoms with E-state index in [-0.39, 0.29) is 11.6 Å². The second-order valence-corrected chi connectivity index (χ2v) is 6.83. The maximum absolute atomic E-state index is 13.3. The summed E-state index contributed by atoms with van der Waals surface area (Å²) in [5, 5.41) is 17.5. The summed E-state index contributed by atoms with van der Waals surface area (Å²) in [5.41, 5.74) is 2.45. The molecule has 1 heterocycles. The van der Waals surface area contributed by atoms with Gasteiger partial charge < -0.3 is 4.74 Å². The molecule has 0 unspecified atom stereocenters. The molecule has 0 fully saturated rings. The summed E-state index contributed by atoms with van der Waals surface area (Å²) < 4.78 is 5.15. The Hall–Kier alpha value is -4.00. The zero-order valence-corrected chi connectivity index (χ0v) is 16.3. The lowest BCUT2D eigenvalue weighted by atomic mass is 9.97. The van der Waals surface area contributed by atoms with Gasteiger partial charge in [-0.15, -0.1) is 0 Å². The number of ether oxygens (including phenoxy) is 1. The number of hydrogen-bond acceptors (Lipinski definition) is 5. The van der Waals surface area contributed by atoms with Gasteiger partial charge in [-0.05, 0) is 35.9 Å². The number of rotatable bonds is 5. The van der Waals surface area contributed by atoms with Crippen LogP contribution in [-0.4, -0.2) is 28.7 Å². The minimum atomic E-state index is -0.573. The molecule has 0 bridgehead atoms. The number of methoxy groups -OCH3 is 1. The molecule has 1 atom stereocenters. The van der Waals surface area contributed by atoms with Crippen LogP contribution >= 0.6 is 0 Å². The summed E-state index contributed by atoms with van der Waals surface area (Å²) in [6.07, 6.45) is 0.386. The van der Waals surface area contributed by atoms with Crippen LogP contribution in [0.3, 0.4) is 0 Å². The standard InChI is InChI=1S/C23H19N3O4/c1-30-18-13-11-17(12-14-18)23(27)25-22(19-9-5-6-10-21(19)26(28)29)15-20(24-25)16-7-3-2-4-8-16/h2-14,22H,15H2,1H3/t22-/m0/s1. The summed E-state index contributed by atoms with van der Waals surface area (Å²) in [5.74, 6) is 0.309. The van der Waals surface area contributed by atoms with Crippen molar-refractivity contribution in [1.29, 1.82) is 0 Å². The van der Waals surface area contributed by atoms with Crippen LogP contribution in [-0.2, 0) is 0 Å². The first-order chi connectivity index (χ1) is 14.6. The predicted octanol–water partition coefficient (Wildman–Crippen LogP) is 4.59. The number of para-hydroxylation sites is 1. The van der Waals surface area contributed by atoms with Gasteiger partial charge in [-0.3, -0.25) is 14.9 Å².